The van der Waals surface area contributed by atoms with Gasteiger partial charge in [-0.15, -0.1) is 0 Å². The lowest BCUT2D eigenvalue weighted by Gasteiger charge is -2.47. The molecule has 1 aromatic heterocycles. The van der Waals surface area contributed by atoms with Gasteiger partial charge in [0.05, 0.1) is 29.9 Å². The molecule has 3 aromatic rings. The molecule has 2 saturated heterocycles. The predicted octanol–water partition coefficient (Wildman–Crippen LogP) is 4.56. The van der Waals surface area contributed by atoms with E-state index < -0.39 is 6.09 Å². The second-order valence-corrected chi connectivity index (χ2v) is 10.6. The third kappa shape index (κ3) is 4.10. The number of hydrogen-bond donors (Lipinski definition) is 1. The maximum Gasteiger partial charge on any atom is 0.412 e. The summed E-state index contributed by atoms with van der Waals surface area (Å²) in [6.45, 7) is 8.01. The van der Waals surface area contributed by atoms with Crippen molar-refractivity contribution in [1.82, 2.24) is 14.5 Å². The van der Waals surface area contributed by atoms with E-state index in [1.807, 2.05) is 19.1 Å². The Kier molecular flexibility index (Phi) is 5.77. The maximum atomic E-state index is 12.0. The predicted molar refractivity (Wildman–Crippen MR) is 136 cm³/mol. The van der Waals surface area contributed by atoms with Gasteiger partial charge in [-0.3, -0.25) is 4.90 Å². The third-order valence-electron chi connectivity index (χ3n) is 8.38. The van der Waals surface area contributed by atoms with Gasteiger partial charge in [0.2, 0.25) is 0 Å². The number of rotatable bonds is 5. The quantitative estimate of drug-likeness (QED) is 0.587. The van der Waals surface area contributed by atoms with Crippen molar-refractivity contribution in [3.8, 4) is 0 Å². The largest absolute Gasteiger partial charge is 0.465 e. The van der Waals surface area contributed by atoms with Crippen LogP contribution in [-0.4, -0.2) is 64.5 Å². The summed E-state index contributed by atoms with van der Waals surface area (Å²) in [5, 5.41) is 9.86. The number of hydrogen-bond acceptors (Lipinski definition) is 4. The molecule has 7 heteroatoms. The molecule has 0 saturated carbocycles. The van der Waals surface area contributed by atoms with Crippen molar-refractivity contribution in [2.45, 2.75) is 51.6 Å². The monoisotopic (exact) mass is 474 g/mol. The number of imidazole rings is 1. The second-order valence-electron chi connectivity index (χ2n) is 10.6. The van der Waals surface area contributed by atoms with Crippen molar-refractivity contribution >= 4 is 22.8 Å². The first-order valence-corrected chi connectivity index (χ1v) is 12.9. The highest BCUT2D eigenvalue weighted by molar-refractivity contribution is 5.94. The number of aryl methyl sites for hydroxylation is 1. The van der Waals surface area contributed by atoms with Gasteiger partial charge >= 0.3 is 6.09 Å². The lowest BCUT2D eigenvalue weighted by atomic mass is 9.77. The van der Waals surface area contributed by atoms with Gasteiger partial charge in [0.25, 0.3) is 0 Å². The van der Waals surface area contributed by atoms with Crippen molar-refractivity contribution in [2.24, 2.45) is 5.41 Å². The number of aromatic nitrogens is 2. The summed E-state index contributed by atoms with van der Waals surface area (Å²) in [6, 6.07) is 14.5. The van der Waals surface area contributed by atoms with Crippen LogP contribution in [0.3, 0.4) is 0 Å². The van der Waals surface area contributed by atoms with E-state index >= 15 is 0 Å². The standard InChI is InChI=1S/C28H34N4O3/c1-20-7-8-22-23(32(20)27(33)34)9-10-24-26(22)29-25(17-21-5-3-2-4-6-21)31(24)16-15-30-13-11-28(12-14-30)18-35-19-28/h2-6,9-10,20H,7-8,11-19H2,1H3,(H,33,34). The first-order chi connectivity index (χ1) is 17.0. The molecule has 6 rings (SSSR count). The van der Waals surface area contributed by atoms with Crippen LogP contribution in [0, 0.1) is 5.41 Å². The topological polar surface area (TPSA) is 70.8 Å². The molecule has 1 atom stereocenters. The fourth-order valence-corrected chi connectivity index (χ4v) is 6.10. The highest BCUT2D eigenvalue weighted by atomic mass is 16.5. The molecule has 3 aliphatic rings. The summed E-state index contributed by atoms with van der Waals surface area (Å²) in [4.78, 5) is 21.3. The summed E-state index contributed by atoms with van der Waals surface area (Å²) in [5.41, 5.74) is 5.64. The number of amides is 1. The van der Waals surface area contributed by atoms with Crippen LogP contribution in [-0.2, 0) is 24.1 Å². The van der Waals surface area contributed by atoms with E-state index in [2.05, 4.69) is 39.8 Å². The Morgan fingerprint density at radius 3 is 2.57 bits per heavy atom. The van der Waals surface area contributed by atoms with Gasteiger partial charge in [-0.2, -0.15) is 0 Å². The number of ether oxygens (including phenoxy) is 1. The minimum absolute atomic E-state index is 0.0215. The molecule has 3 aliphatic heterocycles. The number of fused-ring (bicyclic) bond motifs is 3. The van der Waals surface area contributed by atoms with Gasteiger partial charge in [-0.25, -0.2) is 9.78 Å². The molecule has 0 radical (unpaired) electrons. The van der Waals surface area contributed by atoms with Gasteiger partial charge in [0, 0.05) is 36.5 Å². The molecule has 1 spiro atoms. The van der Waals surface area contributed by atoms with E-state index in [4.69, 9.17) is 9.72 Å². The van der Waals surface area contributed by atoms with E-state index in [0.29, 0.717) is 5.41 Å². The molecule has 2 fully saturated rings. The number of carbonyl (C=O) groups is 1. The van der Waals surface area contributed by atoms with Crippen molar-refractivity contribution in [2.75, 3.05) is 37.7 Å². The third-order valence-corrected chi connectivity index (χ3v) is 8.38. The summed E-state index contributed by atoms with van der Waals surface area (Å²) in [5.74, 6) is 1.06. The van der Waals surface area contributed by atoms with Crippen LogP contribution in [0.2, 0.25) is 0 Å². The van der Waals surface area contributed by atoms with Gasteiger partial charge in [0.1, 0.15) is 5.82 Å². The zero-order chi connectivity index (χ0) is 24.0. The van der Waals surface area contributed by atoms with Gasteiger partial charge in [-0.05, 0) is 63.4 Å². The Hall–Kier alpha value is -2.90. The summed E-state index contributed by atoms with van der Waals surface area (Å²) >= 11 is 0. The van der Waals surface area contributed by atoms with Gasteiger partial charge < -0.3 is 19.3 Å². The molecule has 184 valence electrons. The zero-order valence-electron chi connectivity index (χ0n) is 20.4. The number of anilines is 1. The SMILES string of the molecule is CC1CCc2c(ccc3c2nc(Cc2ccccc2)n3CCN2CCC3(CC2)COC3)N1C(=O)O. The van der Waals surface area contributed by atoms with Crippen LogP contribution in [0.1, 0.15) is 43.1 Å². The molecule has 4 heterocycles. The highest BCUT2D eigenvalue weighted by Gasteiger charge is 2.41. The van der Waals surface area contributed by atoms with Crippen LogP contribution in [0.4, 0.5) is 10.5 Å². The zero-order valence-corrected chi connectivity index (χ0v) is 20.4. The Balaban J connectivity index is 1.32. The number of likely N-dealkylation sites (tertiary alicyclic amines) is 1. The van der Waals surface area contributed by atoms with E-state index in [-0.39, 0.29) is 6.04 Å². The maximum absolute atomic E-state index is 12.0. The first-order valence-electron chi connectivity index (χ1n) is 12.9. The van der Waals surface area contributed by atoms with Crippen LogP contribution in [0.15, 0.2) is 42.5 Å². The Labute approximate surface area is 206 Å². The summed E-state index contributed by atoms with van der Waals surface area (Å²) < 4.78 is 7.87. The minimum atomic E-state index is -0.888. The molecular formula is C28H34N4O3. The minimum Gasteiger partial charge on any atom is -0.465 e. The summed E-state index contributed by atoms with van der Waals surface area (Å²) in [7, 11) is 0. The molecule has 1 unspecified atom stereocenters. The van der Waals surface area contributed by atoms with Crippen LogP contribution >= 0.6 is 0 Å². The van der Waals surface area contributed by atoms with E-state index in [1.165, 1.54) is 23.3 Å². The molecule has 1 amide bonds. The van der Waals surface area contributed by atoms with E-state index in [9.17, 15) is 9.90 Å². The molecule has 7 nitrogen and oxygen atoms in total. The van der Waals surface area contributed by atoms with Gasteiger partial charge in [-0.1, -0.05) is 30.3 Å². The number of carboxylic acid groups (broad SMARTS) is 1. The fraction of sp³-hybridized carbons (Fsp3) is 0.500. The van der Waals surface area contributed by atoms with Crippen LogP contribution < -0.4 is 4.90 Å². The molecule has 2 aromatic carbocycles. The number of piperidine rings is 1. The Morgan fingerprint density at radius 2 is 1.89 bits per heavy atom. The Morgan fingerprint density at radius 1 is 1.11 bits per heavy atom. The number of nitrogens with zero attached hydrogens (tertiary/aromatic N) is 4. The molecule has 0 aliphatic carbocycles. The number of benzene rings is 2. The van der Waals surface area contributed by atoms with Crippen LogP contribution in [0.5, 0.6) is 0 Å². The van der Waals surface area contributed by atoms with Crippen LogP contribution in [0.25, 0.3) is 11.0 Å². The van der Waals surface area contributed by atoms with Gasteiger partial charge in [0.15, 0.2) is 0 Å². The fourth-order valence-electron chi connectivity index (χ4n) is 6.10. The lowest BCUT2D eigenvalue weighted by molar-refractivity contribution is -0.139. The van der Waals surface area contributed by atoms with E-state index in [0.717, 1.165) is 86.8 Å². The summed E-state index contributed by atoms with van der Waals surface area (Å²) in [6.07, 6.45) is 4.01. The molecule has 35 heavy (non-hydrogen) atoms. The van der Waals surface area contributed by atoms with Crippen molar-refractivity contribution in [3.63, 3.8) is 0 Å². The highest BCUT2D eigenvalue weighted by Crippen LogP contribution is 2.39. The first kappa shape index (κ1) is 22.6. The average molecular weight is 475 g/mol. The Bertz CT molecular complexity index is 1220. The van der Waals surface area contributed by atoms with Crippen molar-refractivity contribution < 1.29 is 14.6 Å². The van der Waals surface area contributed by atoms with E-state index in [1.54, 1.807) is 0 Å². The average Bonchev–Trinajstić information content (AvgIpc) is 3.19. The smallest absolute Gasteiger partial charge is 0.412 e. The lowest BCUT2D eigenvalue weighted by Crippen LogP contribution is -2.51. The molecule has 0 bridgehead atoms. The van der Waals surface area contributed by atoms with Crippen molar-refractivity contribution in [3.05, 3.63) is 59.4 Å². The second kappa shape index (κ2) is 8.95. The molecule has 1 N–H and O–H groups in total. The normalized spacial score (nSPS) is 21.7. The van der Waals surface area contributed by atoms with Crippen molar-refractivity contribution in [1.29, 1.82) is 0 Å². The molecular weight excluding hydrogens is 440 g/mol.